The van der Waals surface area contributed by atoms with Gasteiger partial charge in [-0.1, -0.05) is 41.4 Å². The molecule has 0 radical (unpaired) electrons. The summed E-state index contributed by atoms with van der Waals surface area (Å²) in [7, 11) is -1.73. The van der Waals surface area contributed by atoms with Crippen molar-refractivity contribution in [3.05, 3.63) is 63.6 Å². The second kappa shape index (κ2) is 6.98. The molecule has 0 saturated carbocycles. The van der Waals surface area contributed by atoms with E-state index in [1.807, 2.05) is 18.2 Å². The van der Waals surface area contributed by atoms with E-state index < -0.39 is 13.7 Å². The number of hydrazine groups is 1. The van der Waals surface area contributed by atoms with Crippen molar-refractivity contribution in [2.24, 2.45) is 5.84 Å². The quantitative estimate of drug-likeness (QED) is 0.441. The summed E-state index contributed by atoms with van der Waals surface area (Å²) in [6.45, 7) is 6.79. The zero-order valence-electron chi connectivity index (χ0n) is 15.1. The smallest absolute Gasteiger partial charge is 0.256 e. The number of benzene rings is 2. The Kier molecular flexibility index (Phi) is 5.21. The predicted octanol–water partition coefficient (Wildman–Crippen LogP) is 4.74. The van der Waals surface area contributed by atoms with Crippen LogP contribution in [0.3, 0.4) is 0 Å². The highest BCUT2D eigenvalue weighted by atomic mass is 35.5. The van der Waals surface area contributed by atoms with Gasteiger partial charge in [0, 0.05) is 16.7 Å². The van der Waals surface area contributed by atoms with Gasteiger partial charge in [0.15, 0.2) is 8.32 Å². The lowest BCUT2D eigenvalue weighted by atomic mass is 9.73. The van der Waals surface area contributed by atoms with Crippen LogP contribution in [0, 0.1) is 0 Å². The summed E-state index contributed by atoms with van der Waals surface area (Å²) < 4.78 is 6.06. The molecule has 1 aliphatic heterocycles. The fourth-order valence-electron chi connectivity index (χ4n) is 3.44. The topological polar surface area (TPSA) is 55.6 Å². The Labute approximate surface area is 164 Å². The molecule has 0 aliphatic carbocycles. The van der Waals surface area contributed by atoms with Gasteiger partial charge >= 0.3 is 0 Å². The molecule has 7 heteroatoms. The largest absolute Gasteiger partial charge is 0.418 e. The zero-order chi connectivity index (χ0) is 19.1. The van der Waals surface area contributed by atoms with Crippen molar-refractivity contribution < 1.29 is 9.22 Å². The first kappa shape index (κ1) is 19.4. The normalized spacial score (nSPS) is 19.8. The molecule has 0 saturated heterocycles. The molecule has 2 aromatic carbocycles. The van der Waals surface area contributed by atoms with Gasteiger partial charge in [-0.25, -0.2) is 10.9 Å². The van der Waals surface area contributed by atoms with Crippen LogP contribution >= 0.6 is 23.2 Å². The van der Waals surface area contributed by atoms with Crippen molar-refractivity contribution in [1.82, 2.24) is 0 Å². The van der Waals surface area contributed by atoms with Crippen LogP contribution in [0.1, 0.15) is 17.5 Å². The lowest BCUT2D eigenvalue weighted by Gasteiger charge is -2.31. The Balaban J connectivity index is 2.18. The highest BCUT2D eigenvalue weighted by Crippen LogP contribution is 2.49. The van der Waals surface area contributed by atoms with Crippen molar-refractivity contribution in [3.8, 4) is 0 Å². The second-order valence-electron chi connectivity index (χ2n) is 7.43. The summed E-state index contributed by atoms with van der Waals surface area (Å²) in [6.07, 6.45) is 0.445. The molecule has 3 rings (SSSR count). The van der Waals surface area contributed by atoms with Crippen LogP contribution in [0.5, 0.6) is 0 Å². The molecule has 1 unspecified atom stereocenters. The SMILES string of the molecule is C[Si](C)(C)OCCC1(c2ccccc2Cl)C(=O)N(N)c2ccc(Cl)cc21. The average Bonchev–Trinajstić information content (AvgIpc) is 2.76. The van der Waals surface area contributed by atoms with Crippen molar-refractivity contribution in [2.75, 3.05) is 11.6 Å². The van der Waals surface area contributed by atoms with Crippen molar-refractivity contribution in [3.63, 3.8) is 0 Å². The number of hydrogen-bond acceptors (Lipinski definition) is 3. The monoisotopic (exact) mass is 408 g/mol. The van der Waals surface area contributed by atoms with Gasteiger partial charge in [-0.15, -0.1) is 0 Å². The maximum absolute atomic E-state index is 13.4. The van der Waals surface area contributed by atoms with Crippen molar-refractivity contribution >= 4 is 43.1 Å². The van der Waals surface area contributed by atoms with Gasteiger partial charge in [0.25, 0.3) is 5.91 Å². The summed E-state index contributed by atoms with van der Waals surface area (Å²) in [5.41, 5.74) is 1.13. The number of rotatable bonds is 5. The average molecular weight is 409 g/mol. The van der Waals surface area contributed by atoms with Crippen LogP contribution in [0.2, 0.25) is 29.7 Å². The summed E-state index contributed by atoms with van der Waals surface area (Å²) in [5, 5.41) is 2.27. The summed E-state index contributed by atoms with van der Waals surface area (Å²) in [5.74, 6) is 5.91. The van der Waals surface area contributed by atoms with E-state index in [0.717, 1.165) is 11.1 Å². The number of fused-ring (bicyclic) bond motifs is 1. The molecular formula is C19H22Cl2N2O2Si. The molecular weight excluding hydrogens is 387 g/mol. The fraction of sp³-hybridized carbons (Fsp3) is 0.316. The van der Waals surface area contributed by atoms with E-state index in [1.165, 1.54) is 5.01 Å². The van der Waals surface area contributed by atoms with Gasteiger partial charge in [0.1, 0.15) is 5.41 Å². The van der Waals surface area contributed by atoms with Crippen molar-refractivity contribution in [2.45, 2.75) is 31.5 Å². The standard InChI is InChI=1S/C19H22Cl2N2O2Si/c1-26(2,3)25-11-10-19(14-6-4-5-7-16(14)21)15-12-13(20)8-9-17(15)23(22)18(19)24/h4-9,12H,10-11,22H2,1-3H3. The summed E-state index contributed by atoms with van der Waals surface area (Å²) in [6, 6.07) is 12.7. The third kappa shape index (κ3) is 3.30. The number of hydrogen-bond donors (Lipinski definition) is 1. The first-order chi connectivity index (χ1) is 12.2. The number of nitrogens with zero attached hydrogens (tertiary/aromatic N) is 1. The van der Waals surface area contributed by atoms with Crippen molar-refractivity contribution in [1.29, 1.82) is 0 Å². The molecule has 0 bridgehead atoms. The van der Waals surface area contributed by atoms with Crippen LogP contribution < -0.4 is 10.9 Å². The molecule has 2 N–H and O–H groups in total. The molecule has 0 spiro atoms. The molecule has 4 nitrogen and oxygen atoms in total. The third-order valence-corrected chi connectivity index (χ3v) is 6.24. The predicted molar refractivity (Wildman–Crippen MR) is 109 cm³/mol. The van der Waals surface area contributed by atoms with E-state index >= 15 is 0 Å². The van der Waals surface area contributed by atoms with Crippen LogP contribution in [-0.2, 0) is 14.6 Å². The molecule has 0 aromatic heterocycles. The van der Waals surface area contributed by atoms with Gasteiger partial charge in [-0.3, -0.25) is 4.79 Å². The summed E-state index contributed by atoms with van der Waals surface area (Å²) in [4.78, 5) is 13.4. The zero-order valence-corrected chi connectivity index (χ0v) is 17.6. The van der Waals surface area contributed by atoms with E-state index in [-0.39, 0.29) is 5.91 Å². The van der Waals surface area contributed by atoms with Gasteiger partial charge in [0.2, 0.25) is 0 Å². The Morgan fingerprint density at radius 3 is 2.46 bits per heavy atom. The highest BCUT2D eigenvalue weighted by Gasteiger charge is 2.52. The molecule has 26 heavy (non-hydrogen) atoms. The molecule has 1 amide bonds. The maximum atomic E-state index is 13.4. The first-order valence-corrected chi connectivity index (χ1v) is 12.6. The van der Waals surface area contributed by atoms with Gasteiger partial charge in [-0.2, -0.15) is 0 Å². The minimum Gasteiger partial charge on any atom is -0.418 e. The number of halogens is 2. The summed E-state index contributed by atoms with van der Waals surface area (Å²) >= 11 is 12.8. The molecule has 0 fully saturated rings. The number of anilines is 1. The molecule has 1 heterocycles. The van der Waals surface area contributed by atoms with E-state index in [0.29, 0.717) is 28.8 Å². The van der Waals surface area contributed by atoms with E-state index in [4.69, 9.17) is 33.5 Å². The van der Waals surface area contributed by atoms with E-state index in [9.17, 15) is 4.79 Å². The van der Waals surface area contributed by atoms with Gasteiger partial charge in [-0.05, 0) is 61.5 Å². The molecule has 1 atom stereocenters. The van der Waals surface area contributed by atoms with E-state index in [2.05, 4.69) is 19.6 Å². The maximum Gasteiger partial charge on any atom is 0.256 e. The van der Waals surface area contributed by atoms with E-state index in [1.54, 1.807) is 24.3 Å². The Morgan fingerprint density at radius 1 is 1.12 bits per heavy atom. The lowest BCUT2D eigenvalue weighted by Crippen LogP contribution is -2.45. The van der Waals surface area contributed by atoms with Crippen LogP contribution in [0.4, 0.5) is 5.69 Å². The minimum absolute atomic E-state index is 0.220. The van der Waals surface area contributed by atoms with Crippen LogP contribution in [0.15, 0.2) is 42.5 Å². The number of carbonyl (C=O) groups is 1. The minimum atomic E-state index is -1.73. The molecule has 2 aromatic rings. The van der Waals surface area contributed by atoms with Crippen LogP contribution in [0.25, 0.3) is 0 Å². The molecule has 1 aliphatic rings. The van der Waals surface area contributed by atoms with Gasteiger partial charge < -0.3 is 4.43 Å². The van der Waals surface area contributed by atoms with Gasteiger partial charge in [0.05, 0.1) is 5.69 Å². The fourth-order valence-corrected chi connectivity index (χ4v) is 4.63. The number of nitrogens with two attached hydrogens (primary N) is 1. The third-order valence-electron chi connectivity index (χ3n) is 4.61. The van der Waals surface area contributed by atoms with Crippen LogP contribution in [-0.4, -0.2) is 20.8 Å². The number of amides is 1. The Bertz CT molecular complexity index is 854. The Morgan fingerprint density at radius 2 is 1.81 bits per heavy atom. The second-order valence-corrected chi connectivity index (χ2v) is 12.8. The number of carbonyl (C=O) groups excluding carboxylic acids is 1. The first-order valence-electron chi connectivity index (χ1n) is 8.45. The lowest BCUT2D eigenvalue weighted by molar-refractivity contribution is -0.122. The Hall–Kier alpha value is -1.37. The highest BCUT2D eigenvalue weighted by molar-refractivity contribution is 6.69. The molecule has 138 valence electrons.